The van der Waals surface area contributed by atoms with Gasteiger partial charge in [0, 0.05) is 29.6 Å². The molecule has 2 aromatic carbocycles. The summed E-state index contributed by atoms with van der Waals surface area (Å²) in [6.07, 6.45) is -8.86. The Kier molecular flexibility index (Phi) is 5.33. The minimum Gasteiger partial charge on any atom is -0.354 e. The topological polar surface area (TPSA) is 65.2 Å². The number of halogens is 6. The monoisotopic (exact) mass is 495 g/mol. The summed E-state index contributed by atoms with van der Waals surface area (Å²) in [5, 5.41) is 3.23. The van der Waals surface area contributed by atoms with Gasteiger partial charge >= 0.3 is 12.4 Å². The molecule has 184 valence electrons. The number of hydrogen-bond acceptors (Lipinski definition) is 2. The van der Waals surface area contributed by atoms with E-state index in [2.05, 4.69) is 10.3 Å². The summed E-state index contributed by atoms with van der Waals surface area (Å²) in [4.78, 5) is 30.0. The van der Waals surface area contributed by atoms with Crippen molar-refractivity contribution in [1.82, 2.24) is 15.2 Å². The highest BCUT2D eigenvalue weighted by Crippen LogP contribution is 2.40. The standard InChI is InChI=1S/C24H19F6N3O2/c25-23(26,27)13-8-12(9-14(10-13)24(28,29)30)20-16(15-4-1-2-5-17(15)31-20)11-18-22(35)33-7-3-6-19(33)21(34)32-18/h1-2,4-5,8-10,18-19,31H,3,6-7,11H2,(H,32,34)/t18-,19-/m0/s1. The maximum atomic E-state index is 13.5. The number of nitrogens with zero attached hydrogens (tertiary/aromatic N) is 1. The number of para-hydroxylation sites is 1. The van der Waals surface area contributed by atoms with Crippen LogP contribution in [-0.2, 0) is 28.4 Å². The molecular formula is C24H19F6N3O2. The Hall–Kier alpha value is -3.50. The molecular weight excluding hydrogens is 476 g/mol. The zero-order chi connectivity index (χ0) is 25.1. The number of amides is 2. The van der Waals surface area contributed by atoms with E-state index in [0.717, 1.165) is 0 Å². The Morgan fingerprint density at radius 3 is 2.26 bits per heavy atom. The predicted molar refractivity (Wildman–Crippen MR) is 114 cm³/mol. The molecule has 3 heterocycles. The molecule has 3 aromatic rings. The molecule has 0 spiro atoms. The third-order valence-electron chi connectivity index (χ3n) is 6.55. The molecule has 0 unspecified atom stereocenters. The first-order chi connectivity index (χ1) is 16.4. The number of aromatic nitrogens is 1. The molecule has 1 aromatic heterocycles. The van der Waals surface area contributed by atoms with E-state index in [0.29, 0.717) is 48.0 Å². The summed E-state index contributed by atoms with van der Waals surface area (Å²) >= 11 is 0. The van der Waals surface area contributed by atoms with Gasteiger partial charge in [0.1, 0.15) is 12.1 Å². The zero-order valence-electron chi connectivity index (χ0n) is 18.1. The summed E-state index contributed by atoms with van der Waals surface area (Å²) in [7, 11) is 0. The fourth-order valence-electron chi connectivity index (χ4n) is 4.93. The molecule has 11 heteroatoms. The SMILES string of the molecule is O=C1N[C@@H](Cc2c(-c3cc(C(F)(F)F)cc(C(F)(F)F)c3)[nH]c3ccccc23)C(=O)N2CCC[C@@H]12. The van der Waals surface area contributed by atoms with E-state index in [1.165, 1.54) is 4.90 Å². The Bertz CT molecular complexity index is 1290. The first-order valence-electron chi connectivity index (χ1n) is 10.9. The smallest absolute Gasteiger partial charge is 0.354 e. The summed E-state index contributed by atoms with van der Waals surface area (Å²) in [5.74, 6) is -0.629. The molecule has 0 saturated carbocycles. The van der Waals surface area contributed by atoms with Gasteiger partial charge in [-0.1, -0.05) is 18.2 Å². The van der Waals surface area contributed by atoms with Crippen molar-refractivity contribution in [1.29, 1.82) is 0 Å². The van der Waals surface area contributed by atoms with Crippen molar-refractivity contribution in [3.05, 3.63) is 59.2 Å². The molecule has 2 aliphatic heterocycles. The molecule has 5 rings (SSSR count). The Labute approximate surface area is 195 Å². The van der Waals surface area contributed by atoms with E-state index in [4.69, 9.17) is 0 Å². The van der Waals surface area contributed by atoms with Gasteiger partial charge in [-0.25, -0.2) is 0 Å². The number of nitrogens with one attached hydrogen (secondary N) is 2. The average Bonchev–Trinajstić information content (AvgIpc) is 3.42. The van der Waals surface area contributed by atoms with E-state index in [-0.39, 0.29) is 35.6 Å². The number of fused-ring (bicyclic) bond motifs is 2. The molecule has 2 saturated heterocycles. The Balaban J connectivity index is 1.64. The number of piperazine rings is 1. The third-order valence-corrected chi connectivity index (χ3v) is 6.55. The largest absolute Gasteiger partial charge is 0.416 e. The lowest BCUT2D eigenvalue weighted by Gasteiger charge is -2.34. The molecule has 0 bridgehead atoms. The van der Waals surface area contributed by atoms with Crippen LogP contribution in [0, 0.1) is 0 Å². The van der Waals surface area contributed by atoms with E-state index >= 15 is 0 Å². The van der Waals surface area contributed by atoms with Gasteiger partial charge in [-0.15, -0.1) is 0 Å². The van der Waals surface area contributed by atoms with E-state index in [9.17, 15) is 35.9 Å². The minimum atomic E-state index is -5.00. The van der Waals surface area contributed by atoms with Crippen LogP contribution in [0.1, 0.15) is 29.5 Å². The van der Waals surface area contributed by atoms with E-state index in [1.807, 2.05) is 0 Å². The fourth-order valence-corrected chi connectivity index (χ4v) is 4.93. The molecule has 2 aliphatic rings. The summed E-state index contributed by atoms with van der Waals surface area (Å²) in [6, 6.07) is 6.50. The second kappa shape index (κ2) is 8.03. The van der Waals surface area contributed by atoms with Gasteiger partial charge in [-0.05, 0) is 48.2 Å². The molecule has 2 N–H and O–H groups in total. The van der Waals surface area contributed by atoms with Gasteiger partial charge in [-0.2, -0.15) is 26.3 Å². The van der Waals surface area contributed by atoms with Crippen molar-refractivity contribution in [2.24, 2.45) is 0 Å². The van der Waals surface area contributed by atoms with Crippen molar-refractivity contribution in [2.75, 3.05) is 6.54 Å². The van der Waals surface area contributed by atoms with Crippen molar-refractivity contribution < 1.29 is 35.9 Å². The van der Waals surface area contributed by atoms with E-state index < -0.39 is 35.6 Å². The zero-order valence-corrected chi connectivity index (χ0v) is 18.1. The predicted octanol–water partition coefficient (Wildman–Crippen LogP) is 4.90. The highest BCUT2D eigenvalue weighted by molar-refractivity contribution is 5.99. The van der Waals surface area contributed by atoms with Crippen molar-refractivity contribution in [2.45, 2.75) is 43.7 Å². The minimum absolute atomic E-state index is 0.0356. The maximum Gasteiger partial charge on any atom is 0.416 e. The van der Waals surface area contributed by atoms with E-state index in [1.54, 1.807) is 24.3 Å². The lowest BCUT2D eigenvalue weighted by molar-refractivity contribution is -0.146. The summed E-state index contributed by atoms with van der Waals surface area (Å²) in [5.41, 5.74) is -2.32. The van der Waals surface area contributed by atoms with Crippen LogP contribution in [0.25, 0.3) is 22.2 Å². The normalized spacial score (nSPS) is 20.9. The lowest BCUT2D eigenvalue weighted by atomic mass is 9.94. The molecule has 5 nitrogen and oxygen atoms in total. The number of H-pyrrole nitrogens is 1. The van der Waals surface area contributed by atoms with Crippen molar-refractivity contribution >= 4 is 22.7 Å². The van der Waals surface area contributed by atoms with Gasteiger partial charge in [0.05, 0.1) is 11.1 Å². The van der Waals surface area contributed by atoms with Gasteiger partial charge in [-0.3, -0.25) is 9.59 Å². The van der Waals surface area contributed by atoms with Gasteiger partial charge in [0.15, 0.2) is 0 Å². The summed E-state index contributed by atoms with van der Waals surface area (Å²) < 4.78 is 80.8. The number of carbonyl (C=O) groups excluding carboxylic acids is 2. The van der Waals surface area contributed by atoms with Crippen LogP contribution in [0.3, 0.4) is 0 Å². The molecule has 2 amide bonds. The van der Waals surface area contributed by atoms with Crippen LogP contribution in [0.4, 0.5) is 26.3 Å². The van der Waals surface area contributed by atoms with Crippen LogP contribution in [0.5, 0.6) is 0 Å². The lowest BCUT2D eigenvalue weighted by Crippen LogP contribution is -2.61. The number of rotatable bonds is 3. The van der Waals surface area contributed by atoms with Crippen molar-refractivity contribution in [3.63, 3.8) is 0 Å². The molecule has 2 fully saturated rings. The Morgan fingerprint density at radius 2 is 1.60 bits per heavy atom. The molecule has 0 radical (unpaired) electrons. The number of alkyl halides is 6. The highest BCUT2D eigenvalue weighted by Gasteiger charge is 2.43. The quantitative estimate of drug-likeness (QED) is 0.508. The fraction of sp³-hybridized carbons (Fsp3) is 0.333. The highest BCUT2D eigenvalue weighted by atomic mass is 19.4. The molecule has 35 heavy (non-hydrogen) atoms. The number of aromatic amines is 1. The second-order valence-electron chi connectivity index (χ2n) is 8.77. The van der Waals surface area contributed by atoms with Crippen LogP contribution in [0.2, 0.25) is 0 Å². The van der Waals surface area contributed by atoms with Crippen LogP contribution in [0.15, 0.2) is 42.5 Å². The van der Waals surface area contributed by atoms with Gasteiger partial charge < -0.3 is 15.2 Å². The van der Waals surface area contributed by atoms with Crippen LogP contribution >= 0.6 is 0 Å². The number of benzene rings is 2. The van der Waals surface area contributed by atoms with Gasteiger partial charge in [0.2, 0.25) is 11.8 Å². The average molecular weight is 495 g/mol. The molecule has 2 atom stereocenters. The first-order valence-corrected chi connectivity index (χ1v) is 10.9. The van der Waals surface area contributed by atoms with Crippen molar-refractivity contribution in [3.8, 4) is 11.3 Å². The summed E-state index contributed by atoms with van der Waals surface area (Å²) in [6.45, 7) is 0.427. The molecule has 0 aliphatic carbocycles. The number of hydrogen-bond donors (Lipinski definition) is 2. The first kappa shape index (κ1) is 23.3. The third kappa shape index (κ3) is 4.12. The van der Waals surface area contributed by atoms with Crippen LogP contribution < -0.4 is 5.32 Å². The Morgan fingerprint density at radius 1 is 0.943 bits per heavy atom. The second-order valence-corrected chi connectivity index (χ2v) is 8.77. The van der Waals surface area contributed by atoms with Crippen LogP contribution in [-0.4, -0.2) is 40.3 Å². The maximum absolute atomic E-state index is 13.5. The number of carbonyl (C=O) groups is 2. The van der Waals surface area contributed by atoms with Gasteiger partial charge in [0.25, 0.3) is 0 Å².